The van der Waals surface area contributed by atoms with Crippen LogP contribution in [-0.2, 0) is 6.42 Å². The summed E-state index contributed by atoms with van der Waals surface area (Å²) in [5.74, 6) is 0.971. The summed E-state index contributed by atoms with van der Waals surface area (Å²) in [5.41, 5.74) is 2.50. The normalized spacial score (nSPS) is 10.6. The summed E-state index contributed by atoms with van der Waals surface area (Å²) in [4.78, 5) is 10.1. The van der Waals surface area contributed by atoms with E-state index in [2.05, 4.69) is 60.3 Å². The maximum Gasteiger partial charge on any atom is 0.133 e. The number of hydrogen-bond acceptors (Lipinski definition) is 4. The Balaban J connectivity index is 2.29. The minimum Gasteiger partial charge on any atom is -0.370 e. The Bertz CT molecular complexity index is 552. The SMILES string of the molecule is CCCc1c(NCC)ncnc1Sc1ccc(C)cc1. The minimum atomic E-state index is 0.877. The van der Waals surface area contributed by atoms with Crippen molar-refractivity contribution in [2.75, 3.05) is 11.9 Å². The molecule has 1 aromatic carbocycles. The van der Waals surface area contributed by atoms with Crippen LogP contribution >= 0.6 is 11.8 Å². The lowest BCUT2D eigenvalue weighted by molar-refractivity contribution is 0.855. The average molecular weight is 287 g/mol. The van der Waals surface area contributed by atoms with Gasteiger partial charge in [0.15, 0.2) is 0 Å². The summed E-state index contributed by atoms with van der Waals surface area (Å²) < 4.78 is 0. The minimum absolute atomic E-state index is 0.877. The zero-order chi connectivity index (χ0) is 14.4. The van der Waals surface area contributed by atoms with E-state index in [9.17, 15) is 0 Å². The topological polar surface area (TPSA) is 37.8 Å². The molecule has 4 heteroatoms. The van der Waals surface area contributed by atoms with Gasteiger partial charge in [0.05, 0.1) is 0 Å². The summed E-state index contributed by atoms with van der Waals surface area (Å²) in [7, 11) is 0. The lowest BCUT2D eigenvalue weighted by Crippen LogP contribution is -2.05. The fourth-order valence-corrected chi connectivity index (χ4v) is 2.91. The van der Waals surface area contributed by atoms with Crippen LogP contribution < -0.4 is 5.32 Å². The molecular weight excluding hydrogens is 266 g/mol. The molecule has 1 aromatic heterocycles. The summed E-state index contributed by atoms with van der Waals surface area (Å²) in [6.07, 6.45) is 3.73. The molecule has 0 unspecified atom stereocenters. The number of anilines is 1. The number of benzene rings is 1. The lowest BCUT2D eigenvalue weighted by atomic mass is 10.2. The molecule has 0 aliphatic heterocycles. The summed E-state index contributed by atoms with van der Waals surface area (Å²) in [6.45, 7) is 7.25. The van der Waals surface area contributed by atoms with Gasteiger partial charge in [-0.3, -0.25) is 0 Å². The molecule has 0 amide bonds. The van der Waals surface area contributed by atoms with Crippen molar-refractivity contribution in [2.45, 2.75) is 43.5 Å². The van der Waals surface area contributed by atoms with Crippen LogP contribution in [0.25, 0.3) is 0 Å². The first-order valence-electron chi connectivity index (χ1n) is 7.06. The van der Waals surface area contributed by atoms with E-state index in [1.807, 2.05) is 0 Å². The Morgan fingerprint density at radius 2 is 1.85 bits per heavy atom. The molecule has 0 atom stereocenters. The van der Waals surface area contributed by atoms with Gasteiger partial charge in [0.2, 0.25) is 0 Å². The lowest BCUT2D eigenvalue weighted by Gasteiger charge is -2.12. The van der Waals surface area contributed by atoms with Crippen LogP contribution in [0.2, 0.25) is 0 Å². The van der Waals surface area contributed by atoms with Gasteiger partial charge in [-0.05, 0) is 32.4 Å². The number of rotatable bonds is 6. The molecule has 2 aromatic rings. The quantitative estimate of drug-likeness (QED) is 0.803. The molecule has 0 saturated carbocycles. The number of hydrogen-bond donors (Lipinski definition) is 1. The van der Waals surface area contributed by atoms with E-state index in [1.54, 1.807) is 18.1 Å². The van der Waals surface area contributed by atoms with Gasteiger partial charge < -0.3 is 5.32 Å². The van der Waals surface area contributed by atoms with E-state index in [-0.39, 0.29) is 0 Å². The maximum absolute atomic E-state index is 4.47. The van der Waals surface area contributed by atoms with Gasteiger partial charge in [-0.25, -0.2) is 9.97 Å². The van der Waals surface area contributed by atoms with E-state index in [1.165, 1.54) is 16.0 Å². The number of nitrogens with zero attached hydrogens (tertiary/aromatic N) is 2. The second-order valence-electron chi connectivity index (χ2n) is 4.70. The first kappa shape index (κ1) is 14.9. The molecule has 1 N–H and O–H groups in total. The van der Waals surface area contributed by atoms with Crippen molar-refractivity contribution < 1.29 is 0 Å². The van der Waals surface area contributed by atoms with Gasteiger partial charge in [0.1, 0.15) is 17.2 Å². The average Bonchev–Trinajstić information content (AvgIpc) is 2.45. The fraction of sp³-hybridized carbons (Fsp3) is 0.375. The van der Waals surface area contributed by atoms with Gasteiger partial charge in [-0.2, -0.15) is 0 Å². The first-order valence-corrected chi connectivity index (χ1v) is 7.88. The van der Waals surface area contributed by atoms with Crippen LogP contribution in [0.4, 0.5) is 5.82 Å². The molecule has 0 fully saturated rings. The largest absolute Gasteiger partial charge is 0.370 e. The van der Waals surface area contributed by atoms with Crippen LogP contribution in [0.1, 0.15) is 31.4 Å². The molecule has 3 nitrogen and oxygen atoms in total. The third-order valence-corrected chi connectivity index (χ3v) is 4.04. The zero-order valence-corrected chi connectivity index (χ0v) is 13.1. The van der Waals surface area contributed by atoms with E-state index >= 15 is 0 Å². The summed E-state index contributed by atoms with van der Waals surface area (Å²) in [5, 5.41) is 4.39. The molecule has 0 spiro atoms. The van der Waals surface area contributed by atoms with Crippen molar-refractivity contribution in [3.63, 3.8) is 0 Å². The van der Waals surface area contributed by atoms with Crippen LogP contribution in [0.3, 0.4) is 0 Å². The highest BCUT2D eigenvalue weighted by Crippen LogP contribution is 2.32. The third-order valence-electron chi connectivity index (χ3n) is 2.99. The zero-order valence-electron chi connectivity index (χ0n) is 12.3. The molecule has 0 saturated heterocycles. The van der Waals surface area contributed by atoms with Gasteiger partial charge in [-0.15, -0.1) is 0 Å². The molecular formula is C16H21N3S. The van der Waals surface area contributed by atoms with Gasteiger partial charge >= 0.3 is 0 Å². The molecule has 0 aliphatic carbocycles. The molecule has 0 bridgehead atoms. The first-order chi connectivity index (χ1) is 9.74. The van der Waals surface area contributed by atoms with E-state index < -0.39 is 0 Å². The molecule has 2 rings (SSSR count). The van der Waals surface area contributed by atoms with Crippen LogP contribution in [0.15, 0.2) is 40.5 Å². The smallest absolute Gasteiger partial charge is 0.133 e. The summed E-state index contributed by atoms with van der Waals surface area (Å²) >= 11 is 1.71. The predicted molar refractivity (Wildman–Crippen MR) is 85.5 cm³/mol. The van der Waals surface area contributed by atoms with E-state index in [0.29, 0.717) is 0 Å². The van der Waals surface area contributed by atoms with Crippen LogP contribution in [-0.4, -0.2) is 16.5 Å². The Kier molecular flexibility index (Phi) is 5.41. The van der Waals surface area contributed by atoms with Crippen molar-refractivity contribution in [1.82, 2.24) is 9.97 Å². The van der Waals surface area contributed by atoms with Crippen LogP contribution in [0.5, 0.6) is 0 Å². The van der Waals surface area contributed by atoms with Gasteiger partial charge in [0.25, 0.3) is 0 Å². The highest BCUT2D eigenvalue weighted by atomic mass is 32.2. The summed E-state index contributed by atoms with van der Waals surface area (Å²) in [6, 6.07) is 8.55. The Labute approximate surface area is 125 Å². The van der Waals surface area contributed by atoms with Crippen molar-refractivity contribution in [3.05, 3.63) is 41.7 Å². The highest BCUT2D eigenvalue weighted by Gasteiger charge is 2.11. The number of aromatic nitrogens is 2. The molecule has 0 radical (unpaired) electrons. The third kappa shape index (κ3) is 3.73. The Morgan fingerprint density at radius 3 is 2.50 bits per heavy atom. The molecule has 20 heavy (non-hydrogen) atoms. The maximum atomic E-state index is 4.47. The van der Waals surface area contributed by atoms with E-state index in [0.717, 1.165) is 30.2 Å². The van der Waals surface area contributed by atoms with Crippen LogP contribution in [0, 0.1) is 6.92 Å². The van der Waals surface area contributed by atoms with Gasteiger partial charge in [0, 0.05) is 17.0 Å². The van der Waals surface area contributed by atoms with Crippen molar-refractivity contribution in [3.8, 4) is 0 Å². The standard InChI is InChI=1S/C16H21N3S/c1-4-6-14-15(17-5-2)18-11-19-16(14)20-13-9-7-12(3)8-10-13/h7-11H,4-6H2,1-3H3,(H,17,18,19). The molecule has 106 valence electrons. The van der Waals surface area contributed by atoms with Crippen molar-refractivity contribution >= 4 is 17.6 Å². The highest BCUT2D eigenvalue weighted by molar-refractivity contribution is 7.99. The number of nitrogens with one attached hydrogen (secondary N) is 1. The number of aryl methyl sites for hydroxylation is 1. The molecule has 0 aliphatic rings. The van der Waals surface area contributed by atoms with Crippen molar-refractivity contribution in [2.24, 2.45) is 0 Å². The Hall–Kier alpha value is -1.55. The predicted octanol–water partition coefficient (Wildman–Crippen LogP) is 4.32. The molecule has 1 heterocycles. The second-order valence-corrected chi connectivity index (χ2v) is 5.76. The monoisotopic (exact) mass is 287 g/mol. The van der Waals surface area contributed by atoms with Gasteiger partial charge in [-0.1, -0.05) is 42.8 Å². The second kappa shape index (κ2) is 7.29. The van der Waals surface area contributed by atoms with E-state index in [4.69, 9.17) is 0 Å². The fourth-order valence-electron chi connectivity index (χ4n) is 2.00. The van der Waals surface area contributed by atoms with Crippen molar-refractivity contribution in [1.29, 1.82) is 0 Å². The Morgan fingerprint density at radius 1 is 1.10 bits per heavy atom.